The van der Waals surface area contributed by atoms with E-state index in [-0.39, 0.29) is 24.0 Å². The number of nitrogens with zero attached hydrogens (tertiary/aromatic N) is 2. The molecule has 1 heterocycles. The Labute approximate surface area is 154 Å². The van der Waals surface area contributed by atoms with Crippen LogP contribution in [0, 0.1) is 5.92 Å². The SMILES string of the molecule is CC(C)Oc1ccc2c(c1)[C@H](NC(=O)[C@@H]1C[C@H]1c1cnn(C)c1)CCC2. The first kappa shape index (κ1) is 17.1. The molecule has 1 aromatic carbocycles. The Kier molecular flexibility index (Phi) is 4.47. The maximum Gasteiger partial charge on any atom is 0.224 e. The van der Waals surface area contributed by atoms with E-state index in [4.69, 9.17) is 4.74 Å². The van der Waals surface area contributed by atoms with Crippen LogP contribution in [0.25, 0.3) is 0 Å². The van der Waals surface area contributed by atoms with Gasteiger partial charge in [-0.25, -0.2) is 0 Å². The molecule has 1 N–H and O–H groups in total. The summed E-state index contributed by atoms with van der Waals surface area (Å²) in [6.45, 7) is 4.06. The number of nitrogens with one attached hydrogen (secondary N) is 1. The number of ether oxygens (including phenoxy) is 1. The monoisotopic (exact) mass is 353 g/mol. The molecule has 0 unspecified atom stereocenters. The molecule has 0 aliphatic heterocycles. The van der Waals surface area contributed by atoms with Crippen LogP contribution < -0.4 is 10.1 Å². The maximum absolute atomic E-state index is 12.8. The highest BCUT2D eigenvalue weighted by molar-refractivity contribution is 5.83. The smallest absolute Gasteiger partial charge is 0.224 e. The Balaban J connectivity index is 1.45. The van der Waals surface area contributed by atoms with Crippen LogP contribution in [-0.2, 0) is 18.3 Å². The van der Waals surface area contributed by atoms with Gasteiger partial charge in [-0.1, -0.05) is 6.07 Å². The van der Waals surface area contributed by atoms with E-state index in [1.807, 2.05) is 39.4 Å². The highest BCUT2D eigenvalue weighted by atomic mass is 16.5. The fourth-order valence-corrected chi connectivity index (χ4v) is 4.04. The second-order valence-electron chi connectivity index (χ2n) is 7.88. The number of benzene rings is 1. The quantitative estimate of drug-likeness (QED) is 0.895. The Morgan fingerprint density at radius 2 is 2.23 bits per heavy atom. The van der Waals surface area contributed by atoms with E-state index < -0.39 is 0 Å². The Morgan fingerprint density at radius 3 is 2.96 bits per heavy atom. The summed E-state index contributed by atoms with van der Waals surface area (Å²) in [5.74, 6) is 1.47. The minimum atomic E-state index is 0.0830. The third kappa shape index (κ3) is 3.48. The first-order valence-corrected chi connectivity index (χ1v) is 9.59. The fourth-order valence-electron chi connectivity index (χ4n) is 4.04. The van der Waals surface area contributed by atoms with Gasteiger partial charge in [-0.15, -0.1) is 0 Å². The first-order valence-electron chi connectivity index (χ1n) is 9.59. The summed E-state index contributed by atoms with van der Waals surface area (Å²) >= 11 is 0. The zero-order valence-electron chi connectivity index (χ0n) is 15.7. The number of hydrogen-bond donors (Lipinski definition) is 1. The van der Waals surface area contributed by atoms with Gasteiger partial charge >= 0.3 is 0 Å². The molecule has 0 bridgehead atoms. The Bertz CT molecular complexity index is 811. The molecule has 0 radical (unpaired) electrons. The van der Waals surface area contributed by atoms with Crippen molar-refractivity contribution < 1.29 is 9.53 Å². The second-order valence-corrected chi connectivity index (χ2v) is 7.88. The molecule has 5 nitrogen and oxygen atoms in total. The van der Waals surface area contributed by atoms with Gasteiger partial charge in [0.05, 0.1) is 18.3 Å². The molecule has 3 atom stereocenters. The number of amides is 1. The standard InChI is InChI=1S/C21H27N3O2/c1-13(2)26-16-8-7-14-5-4-6-20(18(14)9-16)23-21(25)19-10-17(19)15-11-22-24(3)12-15/h7-9,11-13,17,19-20H,4-6,10H2,1-3H3,(H,23,25)/t17-,19+,20+/m0/s1. The van der Waals surface area contributed by atoms with Gasteiger partial charge < -0.3 is 10.1 Å². The Hall–Kier alpha value is -2.30. The van der Waals surface area contributed by atoms with Gasteiger partial charge in [0.2, 0.25) is 5.91 Å². The molecule has 2 aromatic rings. The number of carbonyl (C=O) groups excluding carboxylic acids is 1. The van der Waals surface area contributed by atoms with E-state index >= 15 is 0 Å². The van der Waals surface area contributed by atoms with Gasteiger partial charge in [-0.05, 0) is 74.3 Å². The van der Waals surface area contributed by atoms with Crippen molar-refractivity contribution in [2.45, 2.75) is 57.6 Å². The van der Waals surface area contributed by atoms with E-state index in [9.17, 15) is 4.79 Å². The van der Waals surface area contributed by atoms with Crippen molar-refractivity contribution in [3.8, 4) is 5.75 Å². The van der Waals surface area contributed by atoms with Gasteiger partial charge in [-0.2, -0.15) is 5.10 Å². The molecule has 1 amide bonds. The molecule has 0 saturated heterocycles. The molecule has 138 valence electrons. The van der Waals surface area contributed by atoms with Crippen LogP contribution in [0.2, 0.25) is 0 Å². The summed E-state index contributed by atoms with van der Waals surface area (Å²) < 4.78 is 7.65. The number of carbonyl (C=O) groups is 1. The van der Waals surface area contributed by atoms with Crippen LogP contribution >= 0.6 is 0 Å². The average Bonchev–Trinajstić information content (AvgIpc) is 3.29. The van der Waals surface area contributed by atoms with Crippen molar-refractivity contribution in [1.82, 2.24) is 15.1 Å². The molecule has 1 saturated carbocycles. The van der Waals surface area contributed by atoms with E-state index in [2.05, 4.69) is 22.5 Å². The third-order valence-electron chi connectivity index (χ3n) is 5.40. The molecule has 2 aliphatic carbocycles. The molecule has 4 rings (SSSR count). The molecule has 0 spiro atoms. The van der Waals surface area contributed by atoms with Crippen molar-refractivity contribution in [3.63, 3.8) is 0 Å². The topological polar surface area (TPSA) is 56.1 Å². The van der Waals surface area contributed by atoms with Crippen molar-refractivity contribution in [2.24, 2.45) is 13.0 Å². The lowest BCUT2D eigenvalue weighted by Gasteiger charge is -2.27. The largest absolute Gasteiger partial charge is 0.491 e. The lowest BCUT2D eigenvalue weighted by atomic mass is 9.87. The minimum absolute atomic E-state index is 0.0830. The van der Waals surface area contributed by atoms with Crippen LogP contribution in [0.1, 0.15) is 61.8 Å². The summed E-state index contributed by atoms with van der Waals surface area (Å²) in [6.07, 6.45) is 8.15. The van der Waals surface area contributed by atoms with Gasteiger partial charge in [0.25, 0.3) is 0 Å². The lowest BCUT2D eigenvalue weighted by molar-refractivity contribution is -0.123. The molecule has 2 aliphatic rings. The summed E-state index contributed by atoms with van der Waals surface area (Å²) in [5.41, 5.74) is 3.72. The van der Waals surface area contributed by atoms with Gasteiger partial charge in [0, 0.05) is 19.2 Å². The van der Waals surface area contributed by atoms with Crippen LogP contribution in [0.15, 0.2) is 30.6 Å². The number of hydrogen-bond acceptors (Lipinski definition) is 3. The van der Waals surface area contributed by atoms with E-state index in [1.54, 1.807) is 4.68 Å². The van der Waals surface area contributed by atoms with Crippen molar-refractivity contribution in [3.05, 3.63) is 47.3 Å². The van der Waals surface area contributed by atoms with Crippen molar-refractivity contribution in [1.29, 1.82) is 0 Å². The molecule has 1 aromatic heterocycles. The second kappa shape index (κ2) is 6.78. The van der Waals surface area contributed by atoms with E-state index in [1.165, 1.54) is 16.7 Å². The predicted octanol–water partition coefficient (Wildman–Crippen LogP) is 3.50. The molecule has 26 heavy (non-hydrogen) atoms. The number of rotatable bonds is 5. The summed E-state index contributed by atoms with van der Waals surface area (Å²) in [6, 6.07) is 6.41. The normalized spacial score (nSPS) is 24.2. The van der Waals surface area contributed by atoms with Crippen LogP contribution in [0.3, 0.4) is 0 Å². The van der Waals surface area contributed by atoms with Gasteiger partial charge in [-0.3, -0.25) is 9.48 Å². The summed E-state index contributed by atoms with van der Waals surface area (Å²) in [7, 11) is 1.91. The van der Waals surface area contributed by atoms with E-state index in [0.29, 0.717) is 5.92 Å². The summed E-state index contributed by atoms with van der Waals surface area (Å²) in [5, 5.41) is 7.52. The predicted molar refractivity (Wildman–Crippen MR) is 100 cm³/mol. The van der Waals surface area contributed by atoms with Gasteiger partial charge in [0.15, 0.2) is 0 Å². The fraction of sp³-hybridized carbons (Fsp3) is 0.524. The Morgan fingerprint density at radius 1 is 1.38 bits per heavy atom. The van der Waals surface area contributed by atoms with Crippen LogP contribution in [0.4, 0.5) is 0 Å². The third-order valence-corrected chi connectivity index (χ3v) is 5.40. The lowest BCUT2D eigenvalue weighted by Crippen LogP contribution is -2.32. The maximum atomic E-state index is 12.8. The number of aryl methyl sites for hydroxylation is 2. The highest BCUT2D eigenvalue weighted by Crippen LogP contribution is 2.48. The van der Waals surface area contributed by atoms with Crippen LogP contribution in [-0.4, -0.2) is 21.8 Å². The highest BCUT2D eigenvalue weighted by Gasteiger charge is 2.45. The molecular formula is C21H27N3O2. The van der Waals surface area contributed by atoms with Crippen molar-refractivity contribution in [2.75, 3.05) is 0 Å². The summed E-state index contributed by atoms with van der Waals surface area (Å²) in [4.78, 5) is 12.8. The average molecular weight is 353 g/mol. The van der Waals surface area contributed by atoms with Gasteiger partial charge in [0.1, 0.15) is 5.75 Å². The molecular weight excluding hydrogens is 326 g/mol. The number of aromatic nitrogens is 2. The van der Waals surface area contributed by atoms with E-state index in [0.717, 1.165) is 31.4 Å². The first-order chi connectivity index (χ1) is 12.5. The molecule has 5 heteroatoms. The van der Waals surface area contributed by atoms with Crippen molar-refractivity contribution >= 4 is 5.91 Å². The number of fused-ring (bicyclic) bond motifs is 1. The zero-order chi connectivity index (χ0) is 18.3. The van der Waals surface area contributed by atoms with Crippen LogP contribution in [0.5, 0.6) is 5.75 Å². The zero-order valence-corrected chi connectivity index (χ0v) is 15.7. The minimum Gasteiger partial charge on any atom is -0.491 e. The molecule has 1 fully saturated rings.